The number of carbonyl (C=O) groups excluding carboxylic acids is 1. The Labute approximate surface area is 168 Å². The second-order valence-electron chi connectivity index (χ2n) is 7.39. The molecule has 0 radical (unpaired) electrons. The molecular formula is C20H24N6OS. The molecule has 4 rings (SSSR count). The Morgan fingerprint density at radius 3 is 2.75 bits per heavy atom. The number of aryl methyl sites for hydroxylation is 2. The van der Waals surface area contributed by atoms with Crippen molar-refractivity contribution >= 4 is 39.1 Å². The van der Waals surface area contributed by atoms with Crippen LogP contribution >= 0.6 is 11.3 Å². The molecule has 0 saturated carbocycles. The largest absolute Gasteiger partial charge is 0.347 e. The molecule has 1 aliphatic heterocycles. The van der Waals surface area contributed by atoms with Gasteiger partial charge in [-0.1, -0.05) is 29.0 Å². The Morgan fingerprint density at radius 1 is 1.21 bits per heavy atom. The molecule has 0 aliphatic carbocycles. The SMILES string of the molecule is Cc1ccc(Nc2ncnc3sc(C(=O)NC4CCN(C)CC4)nc23)c(C)c1. The molecular weight excluding hydrogens is 372 g/mol. The molecule has 3 aromatic rings. The summed E-state index contributed by atoms with van der Waals surface area (Å²) in [6.07, 6.45) is 3.43. The average Bonchev–Trinajstić information content (AvgIpc) is 3.11. The number of nitrogens with zero attached hydrogens (tertiary/aromatic N) is 4. The lowest BCUT2D eigenvalue weighted by Gasteiger charge is -2.29. The minimum absolute atomic E-state index is 0.130. The van der Waals surface area contributed by atoms with Gasteiger partial charge < -0.3 is 15.5 Å². The van der Waals surface area contributed by atoms with Gasteiger partial charge in [-0.25, -0.2) is 15.0 Å². The molecule has 2 aromatic heterocycles. The Morgan fingerprint density at radius 2 is 2.00 bits per heavy atom. The molecule has 3 heterocycles. The van der Waals surface area contributed by atoms with E-state index in [4.69, 9.17) is 0 Å². The van der Waals surface area contributed by atoms with Crippen molar-refractivity contribution in [2.75, 3.05) is 25.5 Å². The molecule has 1 amide bonds. The van der Waals surface area contributed by atoms with Crippen molar-refractivity contribution in [2.45, 2.75) is 32.7 Å². The fraction of sp³-hybridized carbons (Fsp3) is 0.400. The third kappa shape index (κ3) is 3.98. The first-order valence-electron chi connectivity index (χ1n) is 9.45. The van der Waals surface area contributed by atoms with Gasteiger partial charge in [0.25, 0.3) is 5.91 Å². The van der Waals surface area contributed by atoms with Crippen LogP contribution in [0.15, 0.2) is 24.5 Å². The van der Waals surface area contributed by atoms with E-state index in [1.165, 1.54) is 23.2 Å². The maximum absolute atomic E-state index is 12.7. The highest BCUT2D eigenvalue weighted by Gasteiger charge is 2.22. The number of anilines is 2. The van der Waals surface area contributed by atoms with E-state index in [1.807, 2.05) is 6.07 Å². The minimum atomic E-state index is -0.130. The molecule has 1 saturated heterocycles. The van der Waals surface area contributed by atoms with E-state index in [0.29, 0.717) is 21.2 Å². The highest BCUT2D eigenvalue weighted by molar-refractivity contribution is 7.19. The number of piperidine rings is 1. The summed E-state index contributed by atoms with van der Waals surface area (Å²) in [6.45, 7) is 6.12. The molecule has 0 atom stereocenters. The van der Waals surface area contributed by atoms with Gasteiger partial charge in [0.05, 0.1) is 0 Å². The maximum Gasteiger partial charge on any atom is 0.280 e. The topological polar surface area (TPSA) is 83.0 Å². The minimum Gasteiger partial charge on any atom is -0.347 e. The summed E-state index contributed by atoms with van der Waals surface area (Å²) in [5.41, 5.74) is 3.93. The first-order chi connectivity index (χ1) is 13.5. The summed E-state index contributed by atoms with van der Waals surface area (Å²) < 4.78 is 0. The zero-order chi connectivity index (χ0) is 19.7. The molecule has 28 heavy (non-hydrogen) atoms. The van der Waals surface area contributed by atoms with E-state index in [-0.39, 0.29) is 11.9 Å². The van der Waals surface area contributed by atoms with Crippen molar-refractivity contribution in [3.8, 4) is 0 Å². The van der Waals surface area contributed by atoms with Crippen LogP contribution in [0.1, 0.15) is 33.8 Å². The van der Waals surface area contributed by atoms with Gasteiger partial charge in [-0.05, 0) is 58.5 Å². The van der Waals surface area contributed by atoms with E-state index in [1.54, 1.807) is 0 Å². The number of amides is 1. The van der Waals surface area contributed by atoms with Crippen molar-refractivity contribution in [1.82, 2.24) is 25.2 Å². The predicted molar refractivity (Wildman–Crippen MR) is 112 cm³/mol. The summed E-state index contributed by atoms with van der Waals surface area (Å²) in [4.78, 5) is 28.9. The number of likely N-dealkylation sites (tertiary alicyclic amines) is 1. The first kappa shape index (κ1) is 18.8. The van der Waals surface area contributed by atoms with E-state index in [9.17, 15) is 4.79 Å². The quantitative estimate of drug-likeness (QED) is 0.704. The van der Waals surface area contributed by atoms with Crippen LogP contribution in [0.25, 0.3) is 10.3 Å². The molecule has 0 spiro atoms. The van der Waals surface area contributed by atoms with E-state index >= 15 is 0 Å². The lowest BCUT2D eigenvalue weighted by Crippen LogP contribution is -2.43. The summed E-state index contributed by atoms with van der Waals surface area (Å²) in [5, 5.41) is 6.88. The number of benzene rings is 1. The van der Waals surface area contributed by atoms with E-state index in [2.05, 4.69) is 63.5 Å². The molecule has 7 nitrogen and oxygen atoms in total. The monoisotopic (exact) mass is 396 g/mol. The molecule has 0 unspecified atom stereocenters. The summed E-state index contributed by atoms with van der Waals surface area (Å²) in [5.74, 6) is 0.488. The first-order valence-corrected chi connectivity index (χ1v) is 10.3. The number of aromatic nitrogens is 3. The van der Waals surface area contributed by atoms with Gasteiger partial charge in [0.1, 0.15) is 16.7 Å². The fourth-order valence-corrected chi connectivity index (χ4v) is 4.23. The molecule has 1 aliphatic rings. The Balaban J connectivity index is 1.55. The van der Waals surface area contributed by atoms with Gasteiger partial charge in [-0.15, -0.1) is 0 Å². The number of carbonyl (C=O) groups is 1. The maximum atomic E-state index is 12.7. The molecule has 1 fully saturated rings. The third-order valence-electron chi connectivity index (χ3n) is 5.08. The number of hydrogen-bond acceptors (Lipinski definition) is 7. The van der Waals surface area contributed by atoms with Crippen LogP contribution in [-0.4, -0.2) is 51.9 Å². The smallest absolute Gasteiger partial charge is 0.280 e. The van der Waals surface area contributed by atoms with Gasteiger partial charge >= 0.3 is 0 Å². The zero-order valence-electron chi connectivity index (χ0n) is 16.3. The molecule has 0 bridgehead atoms. The second kappa shape index (κ2) is 7.81. The second-order valence-corrected chi connectivity index (χ2v) is 8.37. The highest BCUT2D eigenvalue weighted by Crippen LogP contribution is 2.28. The van der Waals surface area contributed by atoms with Crippen molar-refractivity contribution in [3.63, 3.8) is 0 Å². The summed E-state index contributed by atoms with van der Waals surface area (Å²) in [7, 11) is 2.11. The molecule has 146 valence electrons. The van der Waals surface area contributed by atoms with Crippen LogP contribution in [0, 0.1) is 13.8 Å². The molecule has 2 N–H and O–H groups in total. The average molecular weight is 397 g/mol. The lowest BCUT2D eigenvalue weighted by molar-refractivity contribution is 0.0916. The van der Waals surface area contributed by atoms with E-state index in [0.717, 1.165) is 37.2 Å². The number of rotatable bonds is 4. The van der Waals surface area contributed by atoms with Crippen molar-refractivity contribution in [1.29, 1.82) is 0 Å². The van der Waals surface area contributed by atoms with Gasteiger partial charge in [0.15, 0.2) is 10.8 Å². The van der Waals surface area contributed by atoms with Crippen molar-refractivity contribution in [2.24, 2.45) is 0 Å². The number of fused-ring (bicyclic) bond motifs is 1. The van der Waals surface area contributed by atoms with E-state index < -0.39 is 0 Å². The van der Waals surface area contributed by atoms with Crippen LogP contribution in [0.3, 0.4) is 0 Å². The van der Waals surface area contributed by atoms with Gasteiger partial charge in [0.2, 0.25) is 0 Å². The Bertz CT molecular complexity index is 1010. The number of thiazole rings is 1. The summed E-state index contributed by atoms with van der Waals surface area (Å²) in [6, 6.07) is 6.39. The standard InChI is InChI=1S/C20H24N6OS/c1-12-4-5-15(13(2)10-12)24-17-16-19(22-11-21-17)28-20(25-16)18(27)23-14-6-8-26(3)9-7-14/h4-5,10-11,14H,6-9H2,1-3H3,(H,23,27)(H,21,22,24). The third-order valence-corrected chi connectivity index (χ3v) is 6.04. The van der Waals surface area contributed by atoms with Gasteiger partial charge in [-0.2, -0.15) is 0 Å². The lowest BCUT2D eigenvalue weighted by atomic mass is 10.1. The predicted octanol–water partition coefficient (Wildman–Crippen LogP) is 3.27. The Hall–Kier alpha value is -2.58. The normalized spacial score (nSPS) is 15.7. The van der Waals surface area contributed by atoms with Crippen LogP contribution in [0.2, 0.25) is 0 Å². The van der Waals surface area contributed by atoms with Crippen LogP contribution in [0.4, 0.5) is 11.5 Å². The molecule has 8 heteroatoms. The summed E-state index contributed by atoms with van der Waals surface area (Å²) >= 11 is 1.30. The van der Waals surface area contributed by atoms with Gasteiger partial charge in [0, 0.05) is 11.7 Å². The van der Waals surface area contributed by atoms with Crippen molar-refractivity contribution in [3.05, 3.63) is 40.7 Å². The Kier molecular flexibility index (Phi) is 5.23. The fourth-order valence-electron chi connectivity index (χ4n) is 3.42. The number of nitrogens with one attached hydrogen (secondary N) is 2. The highest BCUT2D eigenvalue weighted by atomic mass is 32.1. The zero-order valence-corrected chi connectivity index (χ0v) is 17.1. The van der Waals surface area contributed by atoms with Crippen LogP contribution in [0.5, 0.6) is 0 Å². The van der Waals surface area contributed by atoms with Gasteiger partial charge in [-0.3, -0.25) is 4.79 Å². The molecule has 1 aromatic carbocycles. The van der Waals surface area contributed by atoms with Crippen molar-refractivity contribution < 1.29 is 4.79 Å². The van der Waals surface area contributed by atoms with Crippen LogP contribution < -0.4 is 10.6 Å². The van der Waals surface area contributed by atoms with Crippen LogP contribution in [-0.2, 0) is 0 Å². The number of hydrogen-bond donors (Lipinski definition) is 2.